The van der Waals surface area contributed by atoms with Crippen LogP contribution in [0.4, 0.5) is 0 Å². The summed E-state index contributed by atoms with van der Waals surface area (Å²) in [6.45, 7) is 0. The van der Waals surface area contributed by atoms with Crippen LogP contribution in [0.5, 0.6) is 11.5 Å². The lowest BCUT2D eigenvalue weighted by atomic mass is 10.1. The molecule has 1 aliphatic rings. The van der Waals surface area contributed by atoms with Gasteiger partial charge in [-0.3, -0.25) is 4.79 Å². The van der Waals surface area contributed by atoms with E-state index in [0.29, 0.717) is 16.1 Å². The van der Waals surface area contributed by atoms with Crippen LogP contribution in [0.3, 0.4) is 0 Å². The number of hydrogen-bond donors (Lipinski definition) is 2. The Hall–Kier alpha value is -1.23. The normalized spacial score (nSPS) is 22.9. The Kier molecular flexibility index (Phi) is 5.29. The first-order valence-corrected chi connectivity index (χ1v) is 7.85. The van der Waals surface area contributed by atoms with E-state index >= 15 is 0 Å². The zero-order valence-corrected chi connectivity index (χ0v) is 13.1. The summed E-state index contributed by atoms with van der Waals surface area (Å²) in [7, 11) is 1.48. The number of phenolic OH excluding ortho intramolecular Hbond substituents is 1. The minimum absolute atomic E-state index is 0.0172. The summed E-state index contributed by atoms with van der Waals surface area (Å²) in [6, 6.07) is 4.85. The second kappa shape index (κ2) is 6.97. The molecule has 1 aromatic carbocycles. The average Bonchev–Trinajstić information content (AvgIpc) is 2.64. The number of aromatic hydroxyl groups is 1. The van der Waals surface area contributed by atoms with Gasteiger partial charge in [0.15, 0.2) is 11.5 Å². The first-order chi connectivity index (χ1) is 9.61. The number of carbonyl (C=O) groups is 1. The summed E-state index contributed by atoms with van der Waals surface area (Å²) in [4.78, 5) is 12.6. The number of benzene rings is 1. The largest absolute Gasteiger partial charge is 0.504 e. The summed E-state index contributed by atoms with van der Waals surface area (Å²) in [6.07, 6.45) is 5.63. The SMILES string of the molecule is COc1ccc(C(=O)NC2CCCCCC2Br)cc1O. The van der Waals surface area contributed by atoms with Gasteiger partial charge in [0, 0.05) is 16.4 Å². The molecular formula is C15H20BrNO3. The van der Waals surface area contributed by atoms with Gasteiger partial charge in [0.1, 0.15) is 0 Å². The minimum atomic E-state index is -0.153. The van der Waals surface area contributed by atoms with Crippen molar-refractivity contribution in [2.75, 3.05) is 7.11 Å². The number of methoxy groups -OCH3 is 1. The molecule has 0 spiro atoms. The highest BCUT2D eigenvalue weighted by atomic mass is 79.9. The van der Waals surface area contributed by atoms with Crippen LogP contribution in [0, 0.1) is 0 Å². The first-order valence-electron chi connectivity index (χ1n) is 6.93. The van der Waals surface area contributed by atoms with Gasteiger partial charge in [-0.05, 0) is 31.0 Å². The van der Waals surface area contributed by atoms with Crippen molar-refractivity contribution in [3.8, 4) is 11.5 Å². The fourth-order valence-electron chi connectivity index (χ4n) is 2.51. The summed E-state index contributed by atoms with van der Waals surface area (Å²) in [5.41, 5.74) is 0.451. The van der Waals surface area contributed by atoms with Crippen molar-refractivity contribution in [2.45, 2.75) is 43.0 Å². The molecule has 0 aliphatic heterocycles. The molecule has 0 radical (unpaired) electrons. The fourth-order valence-corrected chi connectivity index (χ4v) is 3.23. The zero-order valence-electron chi connectivity index (χ0n) is 11.6. The van der Waals surface area contributed by atoms with Gasteiger partial charge >= 0.3 is 0 Å². The van der Waals surface area contributed by atoms with Crippen molar-refractivity contribution in [1.82, 2.24) is 5.32 Å². The molecule has 1 fully saturated rings. The predicted octanol–water partition coefficient (Wildman–Crippen LogP) is 3.23. The number of rotatable bonds is 3. The van der Waals surface area contributed by atoms with Gasteiger partial charge in [-0.2, -0.15) is 0 Å². The molecule has 0 bridgehead atoms. The standard InChI is InChI=1S/C15H20BrNO3/c1-20-14-8-7-10(9-13(14)18)15(19)17-12-6-4-2-3-5-11(12)16/h7-9,11-12,18H,2-6H2,1H3,(H,17,19). The Morgan fingerprint density at radius 1 is 1.35 bits per heavy atom. The van der Waals surface area contributed by atoms with Crippen molar-refractivity contribution < 1.29 is 14.6 Å². The Bertz CT molecular complexity index is 478. The first kappa shape index (κ1) is 15.2. The second-order valence-corrected chi connectivity index (χ2v) is 6.30. The van der Waals surface area contributed by atoms with E-state index in [1.54, 1.807) is 12.1 Å². The van der Waals surface area contributed by atoms with Gasteiger partial charge < -0.3 is 15.2 Å². The highest BCUT2D eigenvalue weighted by Gasteiger charge is 2.23. The topological polar surface area (TPSA) is 58.6 Å². The zero-order chi connectivity index (χ0) is 14.5. The molecule has 2 atom stereocenters. The van der Waals surface area contributed by atoms with Crippen LogP contribution in [-0.2, 0) is 0 Å². The van der Waals surface area contributed by atoms with E-state index in [4.69, 9.17) is 4.74 Å². The lowest BCUT2D eigenvalue weighted by molar-refractivity contribution is 0.0934. The summed E-state index contributed by atoms with van der Waals surface area (Å²) >= 11 is 3.66. The Morgan fingerprint density at radius 2 is 2.10 bits per heavy atom. The fraction of sp³-hybridized carbons (Fsp3) is 0.533. The molecule has 2 rings (SSSR count). The number of ether oxygens (including phenoxy) is 1. The number of phenols is 1. The lowest BCUT2D eigenvalue weighted by Crippen LogP contribution is -2.40. The molecule has 0 aromatic heterocycles. The minimum Gasteiger partial charge on any atom is -0.504 e. The van der Waals surface area contributed by atoms with Crippen molar-refractivity contribution in [3.05, 3.63) is 23.8 Å². The van der Waals surface area contributed by atoms with E-state index in [2.05, 4.69) is 21.2 Å². The van der Waals surface area contributed by atoms with Gasteiger partial charge in [-0.15, -0.1) is 0 Å². The van der Waals surface area contributed by atoms with Crippen LogP contribution in [-0.4, -0.2) is 29.0 Å². The van der Waals surface area contributed by atoms with Crippen LogP contribution in [0.1, 0.15) is 42.5 Å². The van der Waals surface area contributed by atoms with Crippen LogP contribution >= 0.6 is 15.9 Å². The van der Waals surface area contributed by atoms with Gasteiger partial charge in [-0.25, -0.2) is 0 Å². The Morgan fingerprint density at radius 3 is 2.80 bits per heavy atom. The number of nitrogens with one attached hydrogen (secondary N) is 1. The predicted molar refractivity (Wildman–Crippen MR) is 81.7 cm³/mol. The number of alkyl halides is 1. The molecule has 1 amide bonds. The van der Waals surface area contributed by atoms with Gasteiger partial charge in [-0.1, -0.05) is 35.2 Å². The maximum Gasteiger partial charge on any atom is 0.251 e. The number of hydrogen-bond acceptors (Lipinski definition) is 3. The summed E-state index contributed by atoms with van der Waals surface area (Å²) in [5, 5.41) is 12.8. The van der Waals surface area contributed by atoms with Gasteiger partial charge in [0.25, 0.3) is 5.91 Å². The molecule has 0 saturated heterocycles. The molecule has 1 aromatic rings. The molecule has 4 nitrogen and oxygen atoms in total. The maximum absolute atomic E-state index is 12.2. The van der Waals surface area contributed by atoms with Crippen molar-refractivity contribution in [1.29, 1.82) is 0 Å². The quantitative estimate of drug-likeness (QED) is 0.655. The monoisotopic (exact) mass is 341 g/mol. The van der Waals surface area contributed by atoms with Crippen molar-refractivity contribution in [2.24, 2.45) is 0 Å². The molecular weight excluding hydrogens is 322 g/mol. The molecule has 0 heterocycles. The molecule has 1 aliphatic carbocycles. The highest BCUT2D eigenvalue weighted by molar-refractivity contribution is 9.09. The lowest BCUT2D eigenvalue weighted by Gasteiger charge is -2.21. The van der Waals surface area contributed by atoms with E-state index in [-0.39, 0.29) is 17.7 Å². The van der Waals surface area contributed by atoms with Crippen LogP contribution < -0.4 is 10.1 Å². The highest BCUT2D eigenvalue weighted by Crippen LogP contribution is 2.27. The van der Waals surface area contributed by atoms with Crippen LogP contribution in [0.15, 0.2) is 18.2 Å². The third-order valence-electron chi connectivity index (χ3n) is 3.69. The average molecular weight is 342 g/mol. The molecule has 1 saturated carbocycles. The van der Waals surface area contributed by atoms with Crippen LogP contribution in [0.2, 0.25) is 0 Å². The summed E-state index contributed by atoms with van der Waals surface area (Å²) < 4.78 is 4.97. The van der Waals surface area contributed by atoms with Gasteiger partial charge in [0.05, 0.1) is 7.11 Å². The van der Waals surface area contributed by atoms with Crippen LogP contribution in [0.25, 0.3) is 0 Å². The number of amides is 1. The molecule has 110 valence electrons. The van der Waals surface area contributed by atoms with E-state index in [0.717, 1.165) is 19.3 Å². The number of carbonyl (C=O) groups excluding carboxylic acids is 1. The van der Waals surface area contributed by atoms with E-state index in [9.17, 15) is 9.90 Å². The van der Waals surface area contributed by atoms with Crippen molar-refractivity contribution >= 4 is 21.8 Å². The Balaban J connectivity index is 2.05. The van der Waals surface area contributed by atoms with E-state index in [1.807, 2.05) is 0 Å². The molecule has 20 heavy (non-hydrogen) atoms. The van der Waals surface area contributed by atoms with Crippen molar-refractivity contribution in [3.63, 3.8) is 0 Å². The third kappa shape index (κ3) is 3.66. The maximum atomic E-state index is 12.2. The molecule has 2 unspecified atom stereocenters. The summed E-state index contributed by atoms with van der Waals surface area (Å²) in [5.74, 6) is 0.199. The molecule has 5 heteroatoms. The number of halogens is 1. The Labute approximate surface area is 127 Å². The van der Waals surface area contributed by atoms with E-state index in [1.165, 1.54) is 26.0 Å². The second-order valence-electron chi connectivity index (χ2n) is 5.12. The van der Waals surface area contributed by atoms with E-state index < -0.39 is 0 Å². The third-order valence-corrected chi connectivity index (χ3v) is 4.79. The molecule has 2 N–H and O–H groups in total. The smallest absolute Gasteiger partial charge is 0.251 e. The van der Waals surface area contributed by atoms with Gasteiger partial charge in [0.2, 0.25) is 0 Å².